The van der Waals surface area contributed by atoms with Crippen LogP contribution in [0.4, 0.5) is 5.69 Å². The molecule has 21 heavy (non-hydrogen) atoms. The smallest absolute Gasteiger partial charge is 0.134 e. The highest BCUT2D eigenvalue weighted by atomic mass is 32.2. The summed E-state index contributed by atoms with van der Waals surface area (Å²) in [6.45, 7) is 4.27. The molecule has 1 aromatic heterocycles. The molecule has 108 valence electrons. The Morgan fingerprint density at radius 3 is 2.52 bits per heavy atom. The van der Waals surface area contributed by atoms with Gasteiger partial charge in [0.1, 0.15) is 11.3 Å². The lowest BCUT2D eigenvalue weighted by molar-refractivity contribution is 0.522. The molecular weight excluding hydrogens is 278 g/mol. The molecule has 0 spiro atoms. The number of rotatable bonds is 4. The fourth-order valence-corrected chi connectivity index (χ4v) is 3.23. The number of anilines is 1. The first-order chi connectivity index (χ1) is 10.2. The summed E-state index contributed by atoms with van der Waals surface area (Å²) in [5, 5.41) is 4.76. The van der Waals surface area contributed by atoms with Crippen LogP contribution in [0.5, 0.6) is 0 Å². The summed E-state index contributed by atoms with van der Waals surface area (Å²) in [6.07, 6.45) is 2.09. The van der Waals surface area contributed by atoms with E-state index in [1.807, 2.05) is 12.1 Å². The van der Waals surface area contributed by atoms with E-state index in [1.54, 1.807) is 11.8 Å². The molecule has 0 fully saturated rings. The summed E-state index contributed by atoms with van der Waals surface area (Å²) >= 11 is 1.75. The molecule has 0 saturated carbocycles. The molecule has 0 bridgehead atoms. The lowest BCUT2D eigenvalue weighted by atomic mass is 10.1. The SMILES string of the molecule is CSc1ccccc1NC(C)c1oc2ccccc2c1C. The number of furan rings is 1. The second-order valence-electron chi connectivity index (χ2n) is 5.15. The van der Waals surface area contributed by atoms with Crippen molar-refractivity contribution in [2.75, 3.05) is 11.6 Å². The largest absolute Gasteiger partial charge is 0.459 e. The maximum Gasteiger partial charge on any atom is 0.134 e. The third-order valence-corrected chi connectivity index (χ3v) is 4.55. The summed E-state index contributed by atoms with van der Waals surface area (Å²) in [6, 6.07) is 16.7. The number of nitrogens with one attached hydrogen (secondary N) is 1. The second-order valence-corrected chi connectivity index (χ2v) is 6.00. The van der Waals surface area contributed by atoms with Crippen molar-refractivity contribution in [1.29, 1.82) is 0 Å². The number of fused-ring (bicyclic) bond motifs is 1. The molecule has 3 heteroatoms. The second kappa shape index (κ2) is 5.86. The van der Waals surface area contributed by atoms with E-state index in [9.17, 15) is 0 Å². The Kier molecular flexibility index (Phi) is 3.93. The van der Waals surface area contributed by atoms with Crippen LogP contribution in [0.25, 0.3) is 11.0 Å². The van der Waals surface area contributed by atoms with E-state index in [0.29, 0.717) is 0 Å². The Bertz CT molecular complexity index is 763. The van der Waals surface area contributed by atoms with Crippen molar-refractivity contribution < 1.29 is 4.42 Å². The molecule has 2 aromatic carbocycles. The minimum absolute atomic E-state index is 0.130. The van der Waals surface area contributed by atoms with Crippen LogP contribution in [-0.2, 0) is 0 Å². The fourth-order valence-electron chi connectivity index (χ4n) is 2.67. The van der Waals surface area contributed by atoms with Crippen LogP contribution >= 0.6 is 11.8 Å². The molecule has 0 aliphatic carbocycles. The Hall–Kier alpha value is -1.87. The molecule has 0 aliphatic rings. The number of hydrogen-bond acceptors (Lipinski definition) is 3. The first-order valence-corrected chi connectivity index (χ1v) is 8.30. The van der Waals surface area contributed by atoms with Crippen molar-refractivity contribution >= 4 is 28.4 Å². The van der Waals surface area contributed by atoms with E-state index in [-0.39, 0.29) is 6.04 Å². The van der Waals surface area contributed by atoms with Crippen LogP contribution < -0.4 is 5.32 Å². The first-order valence-electron chi connectivity index (χ1n) is 7.08. The molecule has 1 atom stereocenters. The van der Waals surface area contributed by atoms with Crippen LogP contribution in [-0.4, -0.2) is 6.26 Å². The molecule has 0 radical (unpaired) electrons. The van der Waals surface area contributed by atoms with Crippen LogP contribution in [0.15, 0.2) is 57.8 Å². The highest BCUT2D eigenvalue weighted by molar-refractivity contribution is 7.98. The number of thioether (sulfide) groups is 1. The Morgan fingerprint density at radius 1 is 1.05 bits per heavy atom. The molecule has 2 nitrogen and oxygen atoms in total. The summed E-state index contributed by atoms with van der Waals surface area (Å²) in [5.41, 5.74) is 3.32. The van der Waals surface area contributed by atoms with E-state index in [4.69, 9.17) is 4.42 Å². The highest BCUT2D eigenvalue weighted by Crippen LogP contribution is 2.33. The molecule has 0 aliphatic heterocycles. The quantitative estimate of drug-likeness (QED) is 0.631. The van der Waals surface area contributed by atoms with Crippen molar-refractivity contribution in [1.82, 2.24) is 0 Å². The van der Waals surface area contributed by atoms with Crippen LogP contribution in [0.2, 0.25) is 0 Å². The van der Waals surface area contributed by atoms with Crippen molar-refractivity contribution in [3.05, 3.63) is 59.9 Å². The van der Waals surface area contributed by atoms with Gasteiger partial charge in [-0.3, -0.25) is 0 Å². The fraction of sp³-hybridized carbons (Fsp3) is 0.222. The number of aryl methyl sites for hydroxylation is 1. The van der Waals surface area contributed by atoms with Crippen molar-refractivity contribution in [3.8, 4) is 0 Å². The summed E-state index contributed by atoms with van der Waals surface area (Å²) in [4.78, 5) is 1.25. The maximum absolute atomic E-state index is 6.04. The lowest BCUT2D eigenvalue weighted by Gasteiger charge is -2.16. The lowest BCUT2D eigenvalue weighted by Crippen LogP contribution is -2.07. The van der Waals surface area contributed by atoms with Gasteiger partial charge >= 0.3 is 0 Å². The molecule has 0 amide bonds. The zero-order valence-electron chi connectivity index (χ0n) is 12.5. The predicted molar refractivity (Wildman–Crippen MR) is 91.2 cm³/mol. The third kappa shape index (κ3) is 2.66. The van der Waals surface area contributed by atoms with Gasteiger partial charge in [-0.25, -0.2) is 0 Å². The topological polar surface area (TPSA) is 25.2 Å². The number of hydrogen-bond donors (Lipinski definition) is 1. The number of para-hydroxylation sites is 2. The molecule has 1 N–H and O–H groups in total. The minimum Gasteiger partial charge on any atom is -0.459 e. The third-order valence-electron chi connectivity index (χ3n) is 3.75. The minimum atomic E-state index is 0.130. The van der Waals surface area contributed by atoms with Gasteiger partial charge in [0.2, 0.25) is 0 Å². The van der Waals surface area contributed by atoms with Gasteiger partial charge in [0.05, 0.1) is 6.04 Å². The molecule has 3 rings (SSSR count). The average Bonchev–Trinajstić information content (AvgIpc) is 2.85. The van der Waals surface area contributed by atoms with E-state index < -0.39 is 0 Å². The summed E-state index contributed by atoms with van der Waals surface area (Å²) in [5.74, 6) is 1.01. The monoisotopic (exact) mass is 297 g/mol. The Morgan fingerprint density at radius 2 is 1.76 bits per heavy atom. The van der Waals surface area contributed by atoms with Crippen molar-refractivity contribution in [2.45, 2.75) is 24.8 Å². The maximum atomic E-state index is 6.04. The first kappa shape index (κ1) is 14.1. The molecule has 1 unspecified atom stereocenters. The van der Waals surface area contributed by atoms with Crippen molar-refractivity contribution in [3.63, 3.8) is 0 Å². The van der Waals surface area contributed by atoms with E-state index in [1.165, 1.54) is 15.8 Å². The average molecular weight is 297 g/mol. The van der Waals surface area contributed by atoms with Gasteiger partial charge in [-0.05, 0) is 38.3 Å². The van der Waals surface area contributed by atoms with Crippen molar-refractivity contribution in [2.24, 2.45) is 0 Å². The zero-order chi connectivity index (χ0) is 14.8. The van der Waals surface area contributed by atoms with E-state index >= 15 is 0 Å². The van der Waals surface area contributed by atoms with E-state index in [0.717, 1.165) is 17.0 Å². The van der Waals surface area contributed by atoms with Gasteiger partial charge in [-0.15, -0.1) is 11.8 Å². The Labute approximate surface area is 129 Å². The Balaban J connectivity index is 1.93. The van der Waals surface area contributed by atoms with Gasteiger partial charge in [-0.1, -0.05) is 30.3 Å². The van der Waals surface area contributed by atoms with Gasteiger partial charge in [-0.2, -0.15) is 0 Å². The standard InChI is InChI=1S/C18H19NOS/c1-12-14-8-4-6-10-16(14)20-18(12)13(2)19-15-9-5-7-11-17(15)21-3/h4-11,13,19H,1-3H3. The van der Waals surface area contributed by atoms with Crippen LogP contribution in [0.1, 0.15) is 24.3 Å². The zero-order valence-corrected chi connectivity index (χ0v) is 13.3. The summed E-state index contributed by atoms with van der Waals surface area (Å²) in [7, 11) is 0. The van der Waals surface area contributed by atoms with E-state index in [2.05, 4.69) is 61.8 Å². The van der Waals surface area contributed by atoms with Gasteiger partial charge in [0.25, 0.3) is 0 Å². The summed E-state index contributed by atoms with van der Waals surface area (Å²) < 4.78 is 6.04. The molecular formula is C18H19NOS. The molecule has 3 aromatic rings. The van der Waals surface area contributed by atoms with Gasteiger partial charge < -0.3 is 9.73 Å². The van der Waals surface area contributed by atoms with Crippen LogP contribution in [0, 0.1) is 6.92 Å². The van der Waals surface area contributed by atoms with Gasteiger partial charge in [0, 0.05) is 21.5 Å². The van der Waals surface area contributed by atoms with Gasteiger partial charge in [0.15, 0.2) is 0 Å². The van der Waals surface area contributed by atoms with Crippen LogP contribution in [0.3, 0.4) is 0 Å². The normalized spacial score (nSPS) is 12.5. The number of benzene rings is 2. The molecule has 1 heterocycles. The highest BCUT2D eigenvalue weighted by Gasteiger charge is 2.17. The molecule has 0 saturated heterocycles. The predicted octanol–water partition coefficient (Wildman–Crippen LogP) is 5.64.